The van der Waals surface area contributed by atoms with Gasteiger partial charge in [-0.05, 0) is 56.4 Å². The second-order valence-corrected chi connectivity index (χ2v) is 8.51. The number of nitrogens with one attached hydrogen (secondary N) is 2. The van der Waals surface area contributed by atoms with Gasteiger partial charge in [0, 0.05) is 46.9 Å². The van der Waals surface area contributed by atoms with E-state index < -0.39 is 22.8 Å². The normalized spacial score (nSPS) is 16.5. The number of fused-ring (bicyclic) bond motifs is 4. The Labute approximate surface area is 167 Å². The molecule has 0 amide bonds. The number of aryl methyl sites for hydroxylation is 2. The van der Waals surface area contributed by atoms with Crippen molar-refractivity contribution >= 4 is 16.9 Å². The Morgan fingerprint density at radius 1 is 1.28 bits per heavy atom. The fraction of sp³-hybridized carbons (Fsp3) is 0.364. The summed E-state index contributed by atoms with van der Waals surface area (Å²) in [4.78, 5) is 26.3. The highest BCUT2D eigenvalue weighted by molar-refractivity contribution is 5.94. The number of carboxylic acid groups (broad SMARTS) is 1. The minimum absolute atomic E-state index is 0.257. The first-order chi connectivity index (χ1) is 13.8. The van der Waals surface area contributed by atoms with Crippen LogP contribution in [0.5, 0.6) is 5.75 Å². The summed E-state index contributed by atoms with van der Waals surface area (Å²) in [5, 5.41) is 24.3. The number of benzene rings is 1. The largest absolute Gasteiger partial charge is 0.506 e. The highest BCUT2D eigenvalue weighted by Gasteiger charge is 2.36. The number of aromatic nitrogens is 2. The molecule has 4 N–H and O–H groups in total. The Bertz CT molecular complexity index is 1250. The lowest BCUT2D eigenvalue weighted by Gasteiger charge is -2.21. The molecule has 0 unspecified atom stereocenters. The van der Waals surface area contributed by atoms with E-state index >= 15 is 0 Å². The number of hydrogen-bond acceptors (Lipinski definition) is 4. The number of aromatic carboxylic acids is 1. The van der Waals surface area contributed by atoms with Gasteiger partial charge in [0.05, 0.1) is 5.69 Å². The van der Waals surface area contributed by atoms with Crippen LogP contribution in [-0.4, -0.2) is 31.3 Å². The zero-order valence-corrected chi connectivity index (χ0v) is 16.4. The molecule has 0 radical (unpaired) electrons. The van der Waals surface area contributed by atoms with Crippen LogP contribution in [0.25, 0.3) is 22.2 Å². The molecule has 29 heavy (non-hydrogen) atoms. The predicted octanol–water partition coefficient (Wildman–Crippen LogP) is 2.68. The number of nitrogens with zero attached hydrogens (tertiary/aromatic N) is 1. The Balaban J connectivity index is 1.63. The second-order valence-electron chi connectivity index (χ2n) is 8.51. The van der Waals surface area contributed by atoms with Gasteiger partial charge in [0.25, 0.3) is 5.56 Å². The molecule has 5 rings (SSSR count). The molecule has 0 saturated heterocycles. The number of carboxylic acids is 1. The summed E-state index contributed by atoms with van der Waals surface area (Å²) in [6, 6.07) is 6.31. The van der Waals surface area contributed by atoms with Crippen LogP contribution < -0.4 is 10.9 Å². The van der Waals surface area contributed by atoms with Crippen molar-refractivity contribution in [2.75, 3.05) is 0 Å². The van der Waals surface area contributed by atoms with E-state index in [1.54, 1.807) is 0 Å². The number of aromatic hydroxyl groups is 1. The molecule has 0 atom stereocenters. The van der Waals surface area contributed by atoms with Gasteiger partial charge in [-0.3, -0.25) is 4.79 Å². The standard InChI is InChI=1S/C22H23N3O4/c1-22(5-6-22)23-10-13-7-12-8-15-11(9-16(12)25(13)2)3-4-14-18(15)24-20(27)17(19(14)26)21(28)29/h7-9,23H,3-6,10H2,1-2H3,(H,28,29)(H2,24,26,27). The maximum atomic E-state index is 12.3. The van der Waals surface area contributed by atoms with Crippen LogP contribution in [0.2, 0.25) is 0 Å². The van der Waals surface area contributed by atoms with E-state index in [0.717, 1.165) is 28.6 Å². The minimum atomic E-state index is -1.42. The van der Waals surface area contributed by atoms with Gasteiger partial charge >= 0.3 is 5.97 Å². The van der Waals surface area contributed by atoms with Crippen LogP contribution in [0.15, 0.2) is 23.0 Å². The van der Waals surface area contributed by atoms with Crippen molar-refractivity contribution < 1.29 is 15.0 Å². The summed E-state index contributed by atoms with van der Waals surface area (Å²) in [5.41, 5.74) is 4.15. The third-order valence-corrected chi connectivity index (χ3v) is 6.48. The number of carbonyl (C=O) groups is 1. The summed E-state index contributed by atoms with van der Waals surface area (Å²) < 4.78 is 2.19. The lowest BCUT2D eigenvalue weighted by Crippen LogP contribution is -2.27. The van der Waals surface area contributed by atoms with Gasteiger partial charge in [0.2, 0.25) is 0 Å². The van der Waals surface area contributed by atoms with Crippen molar-refractivity contribution in [3.63, 3.8) is 0 Å². The first kappa shape index (κ1) is 18.0. The molecule has 0 aliphatic heterocycles. The zero-order chi connectivity index (χ0) is 20.5. The summed E-state index contributed by atoms with van der Waals surface area (Å²) in [7, 11) is 2.06. The first-order valence-corrected chi connectivity index (χ1v) is 9.85. The number of pyridine rings is 1. The van der Waals surface area contributed by atoms with Crippen LogP contribution in [0.4, 0.5) is 0 Å². The predicted molar refractivity (Wildman–Crippen MR) is 109 cm³/mol. The molecule has 1 aromatic carbocycles. The molecule has 150 valence electrons. The van der Waals surface area contributed by atoms with Gasteiger partial charge in [-0.15, -0.1) is 0 Å². The van der Waals surface area contributed by atoms with Crippen LogP contribution >= 0.6 is 0 Å². The van der Waals surface area contributed by atoms with E-state index in [-0.39, 0.29) is 5.54 Å². The molecule has 2 aliphatic carbocycles. The Kier molecular flexibility index (Phi) is 3.70. The van der Waals surface area contributed by atoms with Gasteiger partial charge in [0.15, 0.2) is 5.56 Å². The van der Waals surface area contributed by atoms with E-state index in [0.29, 0.717) is 24.1 Å². The highest BCUT2D eigenvalue weighted by Crippen LogP contribution is 2.39. The van der Waals surface area contributed by atoms with E-state index in [1.165, 1.54) is 18.5 Å². The third kappa shape index (κ3) is 2.76. The average molecular weight is 393 g/mol. The average Bonchev–Trinajstić information content (AvgIpc) is 3.33. The monoisotopic (exact) mass is 393 g/mol. The molecule has 7 nitrogen and oxygen atoms in total. The number of H-pyrrole nitrogens is 1. The molecule has 1 fully saturated rings. The molecule has 3 aromatic rings. The molecule has 0 bridgehead atoms. The molecule has 2 heterocycles. The molecule has 1 saturated carbocycles. The maximum Gasteiger partial charge on any atom is 0.345 e. The Morgan fingerprint density at radius 2 is 2.03 bits per heavy atom. The number of rotatable bonds is 4. The lowest BCUT2D eigenvalue weighted by atomic mass is 9.87. The van der Waals surface area contributed by atoms with Crippen LogP contribution in [-0.2, 0) is 26.4 Å². The number of hydrogen-bond donors (Lipinski definition) is 4. The molecular formula is C22H23N3O4. The molecule has 0 spiro atoms. The number of aromatic amines is 1. The van der Waals surface area contributed by atoms with E-state index in [4.69, 9.17) is 0 Å². The SMILES string of the molecule is Cn1c(CNC2(C)CC2)cc2cc3c(cc21)CCc1c-3[nH]c(=O)c(C(=O)O)c1O. The van der Waals surface area contributed by atoms with Gasteiger partial charge in [-0.25, -0.2) is 4.79 Å². The van der Waals surface area contributed by atoms with Crippen molar-refractivity contribution in [1.82, 2.24) is 14.9 Å². The minimum Gasteiger partial charge on any atom is -0.506 e. The van der Waals surface area contributed by atoms with Gasteiger partial charge in [-0.2, -0.15) is 0 Å². The highest BCUT2D eigenvalue weighted by atomic mass is 16.4. The fourth-order valence-electron chi connectivity index (χ4n) is 4.32. The maximum absolute atomic E-state index is 12.3. The van der Waals surface area contributed by atoms with E-state index in [1.807, 2.05) is 6.07 Å². The smallest absolute Gasteiger partial charge is 0.345 e. The third-order valence-electron chi connectivity index (χ3n) is 6.48. The van der Waals surface area contributed by atoms with Gasteiger partial charge in [-0.1, -0.05) is 0 Å². The summed E-state index contributed by atoms with van der Waals surface area (Å²) in [6.45, 7) is 3.03. The molecular weight excluding hydrogens is 370 g/mol. The lowest BCUT2D eigenvalue weighted by molar-refractivity contribution is 0.0691. The van der Waals surface area contributed by atoms with Crippen molar-refractivity contribution in [3.8, 4) is 17.0 Å². The van der Waals surface area contributed by atoms with Crippen LogP contribution in [0, 0.1) is 0 Å². The quantitative estimate of drug-likeness (QED) is 0.545. The van der Waals surface area contributed by atoms with Crippen LogP contribution in [0.3, 0.4) is 0 Å². The van der Waals surface area contributed by atoms with E-state index in [2.05, 4.69) is 41.0 Å². The van der Waals surface area contributed by atoms with Crippen molar-refractivity contribution in [3.05, 3.63) is 50.9 Å². The fourth-order valence-corrected chi connectivity index (χ4v) is 4.32. The molecule has 7 heteroatoms. The summed E-state index contributed by atoms with van der Waals surface area (Å²) >= 11 is 0. The van der Waals surface area contributed by atoms with Crippen molar-refractivity contribution in [1.29, 1.82) is 0 Å². The van der Waals surface area contributed by atoms with Crippen molar-refractivity contribution in [2.45, 2.75) is 44.7 Å². The Morgan fingerprint density at radius 3 is 2.72 bits per heavy atom. The molecule has 2 aliphatic rings. The second kappa shape index (κ2) is 5.97. The summed E-state index contributed by atoms with van der Waals surface area (Å²) in [5.74, 6) is -1.84. The summed E-state index contributed by atoms with van der Waals surface area (Å²) in [6.07, 6.45) is 3.57. The van der Waals surface area contributed by atoms with Gasteiger partial charge < -0.3 is 25.1 Å². The zero-order valence-electron chi connectivity index (χ0n) is 16.4. The molecule has 2 aromatic heterocycles. The topological polar surface area (TPSA) is 107 Å². The van der Waals surface area contributed by atoms with Gasteiger partial charge in [0.1, 0.15) is 5.75 Å². The Hall–Kier alpha value is -3.06. The first-order valence-electron chi connectivity index (χ1n) is 9.85. The van der Waals surface area contributed by atoms with Crippen LogP contribution in [0.1, 0.15) is 46.9 Å². The van der Waals surface area contributed by atoms with Crippen molar-refractivity contribution in [2.24, 2.45) is 7.05 Å². The van der Waals surface area contributed by atoms with E-state index in [9.17, 15) is 19.8 Å².